The molecule has 0 aromatic carbocycles. The van der Waals surface area contributed by atoms with Crippen molar-refractivity contribution in [1.29, 1.82) is 0 Å². The van der Waals surface area contributed by atoms with E-state index in [2.05, 4.69) is 48.1 Å². The van der Waals surface area contributed by atoms with Crippen molar-refractivity contribution in [1.82, 2.24) is 0 Å². The van der Waals surface area contributed by atoms with E-state index in [9.17, 15) is 15.0 Å². The van der Waals surface area contributed by atoms with Gasteiger partial charge in [-0.05, 0) is 122 Å². The first kappa shape index (κ1) is 23.9. The molecule has 3 heteroatoms. The third-order valence-electron chi connectivity index (χ3n) is 13.5. The summed E-state index contributed by atoms with van der Waals surface area (Å²) in [6.45, 7) is 18.8. The number of carboxylic acid groups (broad SMARTS) is 1. The Morgan fingerprint density at radius 1 is 0.818 bits per heavy atom. The molecule has 0 bridgehead atoms. The van der Waals surface area contributed by atoms with Gasteiger partial charge in [0.2, 0.25) is 0 Å². The molecule has 5 rings (SSSR count). The molecule has 5 aliphatic rings. The smallest absolute Gasteiger partial charge is 0.309 e. The highest BCUT2D eigenvalue weighted by molar-refractivity contribution is 5.76. The van der Waals surface area contributed by atoms with Crippen LogP contribution in [-0.2, 0) is 4.79 Å². The molecule has 5 saturated carbocycles. The number of rotatable bonds is 2. The molecule has 3 nitrogen and oxygen atoms in total. The molecule has 0 heterocycles. The Balaban J connectivity index is 1.57. The molecule has 186 valence electrons. The Morgan fingerprint density at radius 3 is 2.15 bits per heavy atom. The number of aliphatic hydroxyl groups is 1. The molecule has 10 atom stereocenters. The van der Waals surface area contributed by atoms with E-state index in [1.165, 1.54) is 31.3 Å². The third-order valence-corrected chi connectivity index (χ3v) is 13.5. The number of hydrogen-bond acceptors (Lipinski definition) is 2. The van der Waals surface area contributed by atoms with Gasteiger partial charge in [0.15, 0.2) is 0 Å². The van der Waals surface area contributed by atoms with E-state index in [1.54, 1.807) is 0 Å². The predicted octanol–water partition coefficient (Wildman–Crippen LogP) is 7.09. The van der Waals surface area contributed by atoms with Gasteiger partial charge in [0.1, 0.15) is 0 Å². The minimum atomic E-state index is -0.538. The molecular weight excluding hydrogens is 408 g/mol. The summed E-state index contributed by atoms with van der Waals surface area (Å²) in [5.41, 5.74) is 1.35. The minimum Gasteiger partial charge on any atom is -0.481 e. The normalized spacial score (nSPS) is 55.0. The van der Waals surface area contributed by atoms with Crippen molar-refractivity contribution in [2.75, 3.05) is 0 Å². The van der Waals surface area contributed by atoms with Gasteiger partial charge in [-0.1, -0.05) is 46.8 Å². The largest absolute Gasteiger partial charge is 0.481 e. The number of carbonyl (C=O) groups is 1. The van der Waals surface area contributed by atoms with Crippen LogP contribution < -0.4 is 0 Å². The number of fused-ring (bicyclic) bond motifs is 7. The van der Waals surface area contributed by atoms with Gasteiger partial charge in [-0.25, -0.2) is 0 Å². The molecule has 0 amide bonds. The van der Waals surface area contributed by atoms with Crippen molar-refractivity contribution in [2.24, 2.45) is 56.7 Å². The number of aliphatic carboxylic acids is 1. The molecule has 0 aliphatic heterocycles. The fourth-order valence-corrected chi connectivity index (χ4v) is 11.5. The van der Waals surface area contributed by atoms with Gasteiger partial charge in [0.05, 0.1) is 11.5 Å². The molecule has 0 radical (unpaired) electrons. The summed E-state index contributed by atoms with van der Waals surface area (Å²) < 4.78 is 0. The van der Waals surface area contributed by atoms with E-state index in [4.69, 9.17) is 0 Å². The van der Waals surface area contributed by atoms with Crippen LogP contribution in [0.25, 0.3) is 0 Å². The van der Waals surface area contributed by atoms with E-state index in [0.29, 0.717) is 23.7 Å². The maximum Gasteiger partial charge on any atom is 0.309 e. The second-order valence-corrected chi connectivity index (χ2v) is 14.5. The molecule has 0 spiro atoms. The highest BCUT2D eigenvalue weighted by Gasteiger charge is 2.71. The van der Waals surface area contributed by atoms with Crippen LogP contribution in [0.1, 0.15) is 106 Å². The van der Waals surface area contributed by atoms with Crippen molar-refractivity contribution >= 4 is 5.97 Å². The van der Waals surface area contributed by atoms with Crippen LogP contribution in [0.4, 0.5) is 0 Å². The van der Waals surface area contributed by atoms with Gasteiger partial charge in [-0.3, -0.25) is 4.79 Å². The zero-order valence-corrected chi connectivity index (χ0v) is 22.0. The second kappa shape index (κ2) is 7.11. The highest BCUT2D eigenvalue weighted by atomic mass is 16.4. The van der Waals surface area contributed by atoms with Gasteiger partial charge >= 0.3 is 5.97 Å². The maximum atomic E-state index is 12.8. The van der Waals surface area contributed by atoms with Crippen molar-refractivity contribution in [3.63, 3.8) is 0 Å². The minimum absolute atomic E-state index is 0.0202. The molecular formula is C30H48O3. The molecule has 0 aromatic rings. The topological polar surface area (TPSA) is 57.5 Å². The standard InChI is InChI=1S/C30H48O3/c1-18(2)19-10-15-30(25(32)33)17-16-28(6)20(24(19)30)8-9-22-27(5)13-12-23(31)26(3,4)21(27)11-14-29(22,28)7/h19-24,31H,1,8-17H2,2-7H3,(H,32,33)/t19?,20-,21+,22-,23+,24-,27+,28-,29-,30+/m1/s1. The Labute approximate surface area is 201 Å². The van der Waals surface area contributed by atoms with Crippen molar-refractivity contribution in [2.45, 2.75) is 112 Å². The predicted molar refractivity (Wildman–Crippen MR) is 133 cm³/mol. The average Bonchev–Trinajstić information content (AvgIpc) is 3.13. The SMILES string of the molecule is C=C(C)C1CC[C@]2(C(=O)O)CC[C@]3(C)[C@H](CC[C@@H]4[C@@]5(C)CC[C@H](O)C(C)(C)[C@@H]5CC[C@]43C)[C@@H]12. The lowest BCUT2D eigenvalue weighted by atomic mass is 9.32. The Hall–Kier alpha value is -0.830. The fourth-order valence-electron chi connectivity index (χ4n) is 11.5. The molecule has 0 saturated heterocycles. The van der Waals surface area contributed by atoms with Crippen molar-refractivity contribution in [3.8, 4) is 0 Å². The van der Waals surface area contributed by atoms with Gasteiger partial charge < -0.3 is 10.2 Å². The quantitative estimate of drug-likeness (QED) is 0.436. The number of hydrogen-bond donors (Lipinski definition) is 2. The van der Waals surface area contributed by atoms with Gasteiger partial charge in [0.25, 0.3) is 0 Å². The van der Waals surface area contributed by atoms with Gasteiger partial charge in [0, 0.05) is 0 Å². The molecule has 5 aliphatic carbocycles. The van der Waals surface area contributed by atoms with Crippen LogP contribution in [0.3, 0.4) is 0 Å². The van der Waals surface area contributed by atoms with Crippen LogP contribution in [0.15, 0.2) is 12.2 Å². The van der Waals surface area contributed by atoms with Crippen LogP contribution in [0.2, 0.25) is 0 Å². The zero-order valence-electron chi connectivity index (χ0n) is 22.0. The summed E-state index contributed by atoms with van der Waals surface area (Å²) in [4.78, 5) is 12.8. The Kier molecular flexibility index (Phi) is 5.15. The molecule has 33 heavy (non-hydrogen) atoms. The summed E-state index contributed by atoms with van der Waals surface area (Å²) >= 11 is 0. The molecule has 5 fully saturated rings. The second-order valence-electron chi connectivity index (χ2n) is 14.5. The summed E-state index contributed by atoms with van der Waals surface area (Å²) in [5.74, 6) is 1.79. The van der Waals surface area contributed by atoms with Crippen molar-refractivity contribution < 1.29 is 15.0 Å². The first-order valence-electron chi connectivity index (χ1n) is 13.8. The Bertz CT molecular complexity index is 861. The van der Waals surface area contributed by atoms with E-state index in [-0.39, 0.29) is 33.7 Å². The fraction of sp³-hybridized carbons (Fsp3) is 0.900. The Morgan fingerprint density at radius 2 is 1.52 bits per heavy atom. The first-order valence-corrected chi connectivity index (χ1v) is 13.8. The van der Waals surface area contributed by atoms with Crippen LogP contribution in [0.5, 0.6) is 0 Å². The number of allylic oxidation sites excluding steroid dienone is 1. The molecule has 0 aromatic heterocycles. The highest BCUT2D eigenvalue weighted by Crippen LogP contribution is 2.77. The summed E-state index contributed by atoms with van der Waals surface area (Å²) in [7, 11) is 0. The summed E-state index contributed by atoms with van der Waals surface area (Å²) in [6.07, 6.45) is 10.5. The first-order chi connectivity index (χ1) is 15.3. The maximum absolute atomic E-state index is 12.8. The van der Waals surface area contributed by atoms with Gasteiger partial charge in [-0.15, -0.1) is 0 Å². The average molecular weight is 457 g/mol. The van der Waals surface area contributed by atoms with Crippen LogP contribution in [-0.4, -0.2) is 22.3 Å². The summed E-state index contributed by atoms with van der Waals surface area (Å²) in [5, 5.41) is 21.4. The number of aliphatic hydroxyl groups excluding tert-OH is 1. The van der Waals surface area contributed by atoms with Crippen LogP contribution >= 0.6 is 0 Å². The lowest BCUT2D eigenvalue weighted by Crippen LogP contribution is -2.67. The van der Waals surface area contributed by atoms with E-state index in [1.807, 2.05) is 0 Å². The van der Waals surface area contributed by atoms with E-state index < -0.39 is 11.4 Å². The monoisotopic (exact) mass is 456 g/mol. The molecule has 2 N–H and O–H groups in total. The lowest BCUT2D eigenvalue weighted by Gasteiger charge is -2.72. The zero-order chi connectivity index (χ0) is 24.2. The van der Waals surface area contributed by atoms with Crippen molar-refractivity contribution in [3.05, 3.63) is 12.2 Å². The van der Waals surface area contributed by atoms with Gasteiger partial charge in [-0.2, -0.15) is 0 Å². The van der Waals surface area contributed by atoms with Crippen LogP contribution in [0, 0.1) is 56.7 Å². The van der Waals surface area contributed by atoms with E-state index in [0.717, 1.165) is 38.5 Å². The third kappa shape index (κ3) is 2.75. The number of carboxylic acids is 1. The van der Waals surface area contributed by atoms with E-state index >= 15 is 0 Å². The molecule has 1 unspecified atom stereocenters. The summed E-state index contributed by atoms with van der Waals surface area (Å²) in [6, 6.07) is 0. The lowest BCUT2D eigenvalue weighted by molar-refractivity contribution is -0.248.